The van der Waals surface area contributed by atoms with Crippen LogP contribution < -0.4 is 0 Å². The fourth-order valence-corrected chi connectivity index (χ4v) is 4.83. The van der Waals surface area contributed by atoms with E-state index in [1.165, 1.54) is 0 Å². The Morgan fingerprint density at radius 2 is 0.957 bits per heavy atom. The average molecular weight is 640 g/mol. The zero-order valence-electron chi connectivity index (χ0n) is 29.5. The van der Waals surface area contributed by atoms with Crippen LogP contribution in [-0.2, 0) is 24.0 Å². The van der Waals surface area contributed by atoms with Crippen molar-refractivity contribution in [3.05, 3.63) is 71.8 Å². The number of rotatable bonds is 16. The monoisotopic (exact) mass is 639 g/mol. The molecule has 256 valence electrons. The first-order valence-corrected chi connectivity index (χ1v) is 16.1. The van der Waals surface area contributed by atoms with Gasteiger partial charge in [-0.3, -0.25) is 28.9 Å². The average Bonchev–Trinajstić information content (AvgIpc) is 3.02. The maximum atomic E-state index is 12.1. The number of Topliss-reactive ketones (excluding diaryl/α,β-unsaturated/α-hetero) is 5. The zero-order valence-corrected chi connectivity index (χ0v) is 29.5. The Morgan fingerprint density at radius 3 is 1.30 bits per heavy atom. The molecule has 3 atom stereocenters. The Bertz CT molecular complexity index is 1200. The van der Waals surface area contributed by atoms with E-state index in [-0.39, 0.29) is 77.4 Å². The molecule has 0 heterocycles. The van der Waals surface area contributed by atoms with Crippen LogP contribution >= 0.6 is 0 Å². The Hall–Kier alpha value is -3.33. The summed E-state index contributed by atoms with van der Waals surface area (Å²) in [5.74, 6) is -0.749. The van der Waals surface area contributed by atoms with Crippen LogP contribution in [0.15, 0.2) is 60.7 Å². The van der Waals surface area contributed by atoms with Gasteiger partial charge in [0.05, 0.1) is 6.04 Å². The molecule has 0 radical (unpaired) electrons. The molecule has 2 aromatic rings. The number of hydrogen-bond acceptors (Lipinski definition) is 8. The summed E-state index contributed by atoms with van der Waals surface area (Å²) in [6.45, 7) is 14.1. The molecule has 2 rings (SSSR count). The smallest absolute Gasteiger partial charge is 0.159 e. The van der Waals surface area contributed by atoms with Crippen LogP contribution in [0.3, 0.4) is 0 Å². The summed E-state index contributed by atoms with van der Waals surface area (Å²) in [6.07, 6.45) is 0.253. The molecule has 0 aliphatic carbocycles. The van der Waals surface area contributed by atoms with Gasteiger partial charge in [-0.1, -0.05) is 116 Å². The van der Waals surface area contributed by atoms with Crippen molar-refractivity contribution in [3.63, 3.8) is 0 Å². The molecule has 0 aliphatic rings. The normalized spacial score (nSPS) is 13.0. The van der Waals surface area contributed by atoms with Crippen LogP contribution in [0, 0.1) is 29.6 Å². The van der Waals surface area contributed by atoms with E-state index in [1.807, 2.05) is 135 Å². The van der Waals surface area contributed by atoms with Crippen LogP contribution in [0.5, 0.6) is 0 Å². The van der Waals surface area contributed by atoms with E-state index < -0.39 is 19.1 Å². The zero-order chi connectivity index (χ0) is 35.6. The second kappa shape index (κ2) is 22.2. The number of likely N-dealkylation sites (N-methyl/N-ethyl adjacent to an activating group) is 1. The fourth-order valence-electron chi connectivity index (χ4n) is 4.83. The summed E-state index contributed by atoms with van der Waals surface area (Å²) in [4.78, 5) is 60.1. The van der Waals surface area contributed by atoms with Crippen molar-refractivity contribution in [2.24, 2.45) is 29.6 Å². The molecule has 0 saturated carbocycles. The predicted octanol–water partition coefficient (Wildman–Crippen LogP) is 5.90. The van der Waals surface area contributed by atoms with E-state index >= 15 is 0 Å². The summed E-state index contributed by atoms with van der Waals surface area (Å²) in [5, 5.41) is 17.4. The lowest BCUT2D eigenvalue weighted by atomic mass is 9.83. The first-order valence-electron chi connectivity index (χ1n) is 16.1. The van der Waals surface area contributed by atoms with Crippen molar-refractivity contribution in [1.29, 1.82) is 0 Å². The molecule has 3 unspecified atom stereocenters. The van der Waals surface area contributed by atoms with Crippen LogP contribution in [0.25, 0.3) is 0 Å². The van der Waals surface area contributed by atoms with Gasteiger partial charge in [-0.05, 0) is 31.1 Å². The molecule has 0 aromatic heterocycles. The number of benzene rings is 2. The summed E-state index contributed by atoms with van der Waals surface area (Å²) >= 11 is 0. The highest BCUT2D eigenvalue weighted by Gasteiger charge is 2.27. The first kappa shape index (κ1) is 42.7. The van der Waals surface area contributed by atoms with Gasteiger partial charge in [0, 0.05) is 42.4 Å². The van der Waals surface area contributed by atoms with Gasteiger partial charge < -0.3 is 10.2 Å². The topological polar surface area (TPSA) is 129 Å². The molecule has 2 N–H and O–H groups in total. The van der Waals surface area contributed by atoms with E-state index in [9.17, 15) is 24.0 Å². The molecule has 0 bridgehead atoms. The predicted molar refractivity (Wildman–Crippen MR) is 183 cm³/mol. The minimum atomic E-state index is -0.505. The molecule has 8 heteroatoms. The standard InChI is InChI=1S/C14H18O3.C13H19NO.C11H20O3/c1-10(2)14(17)13(8-12(16)9-15)11-6-4-3-5-7-11;1-10(2)13(15)12(14(3)4)11-8-6-5-7-9-11;1-7(2)10(5-9(13)6-12)11(14)8(3)4/h3-7,10,13,15H,8-9H2,1-2H3;5-10,12H,1-4H3;7-8,10,12H,5-6H2,1-4H3. The number of carbonyl (C=O) groups is 5. The molecular formula is C38H57NO7. The first-order chi connectivity index (χ1) is 21.5. The Labute approximate surface area is 276 Å². The summed E-state index contributed by atoms with van der Waals surface area (Å²) in [5.41, 5.74) is 1.91. The number of aliphatic hydroxyl groups excluding tert-OH is 2. The highest BCUT2D eigenvalue weighted by atomic mass is 16.3. The van der Waals surface area contributed by atoms with Crippen molar-refractivity contribution < 1.29 is 34.2 Å². The molecule has 0 amide bonds. The Morgan fingerprint density at radius 1 is 0.565 bits per heavy atom. The van der Waals surface area contributed by atoms with Gasteiger partial charge in [-0.15, -0.1) is 0 Å². The van der Waals surface area contributed by atoms with E-state index in [4.69, 9.17) is 10.2 Å². The van der Waals surface area contributed by atoms with Gasteiger partial charge in [0.15, 0.2) is 17.3 Å². The lowest BCUT2D eigenvalue weighted by Crippen LogP contribution is -2.30. The highest BCUT2D eigenvalue weighted by molar-refractivity contribution is 5.93. The van der Waals surface area contributed by atoms with Crippen molar-refractivity contribution in [1.82, 2.24) is 4.90 Å². The van der Waals surface area contributed by atoms with Gasteiger partial charge in [0.2, 0.25) is 0 Å². The third-order valence-corrected chi connectivity index (χ3v) is 7.56. The lowest BCUT2D eigenvalue weighted by Gasteiger charge is -2.25. The van der Waals surface area contributed by atoms with E-state index in [0.717, 1.165) is 11.1 Å². The van der Waals surface area contributed by atoms with E-state index in [1.54, 1.807) is 0 Å². The van der Waals surface area contributed by atoms with Crippen LogP contribution in [0.4, 0.5) is 0 Å². The fraction of sp³-hybridized carbons (Fsp3) is 0.553. The number of carbonyl (C=O) groups excluding carboxylic acids is 5. The van der Waals surface area contributed by atoms with Gasteiger partial charge in [0.1, 0.15) is 24.8 Å². The molecule has 0 spiro atoms. The van der Waals surface area contributed by atoms with Crippen molar-refractivity contribution in [2.45, 2.75) is 80.2 Å². The maximum absolute atomic E-state index is 12.1. The lowest BCUT2D eigenvalue weighted by molar-refractivity contribution is -0.132. The van der Waals surface area contributed by atoms with Crippen molar-refractivity contribution in [3.8, 4) is 0 Å². The molecule has 8 nitrogen and oxygen atoms in total. The molecule has 0 aliphatic heterocycles. The number of aliphatic hydroxyl groups is 2. The van der Waals surface area contributed by atoms with E-state index in [2.05, 4.69) is 0 Å². The second-order valence-corrected chi connectivity index (χ2v) is 13.1. The van der Waals surface area contributed by atoms with Crippen molar-refractivity contribution >= 4 is 28.9 Å². The van der Waals surface area contributed by atoms with Gasteiger partial charge in [-0.25, -0.2) is 0 Å². The summed E-state index contributed by atoms with van der Waals surface area (Å²) in [7, 11) is 3.88. The second-order valence-electron chi connectivity index (χ2n) is 13.1. The van der Waals surface area contributed by atoms with Crippen LogP contribution in [0.1, 0.15) is 91.3 Å². The number of ketones is 5. The quantitative estimate of drug-likeness (QED) is 0.233. The van der Waals surface area contributed by atoms with Crippen molar-refractivity contribution in [2.75, 3.05) is 27.3 Å². The number of nitrogens with zero attached hydrogens (tertiary/aromatic N) is 1. The molecule has 0 fully saturated rings. The van der Waals surface area contributed by atoms with Crippen LogP contribution in [-0.4, -0.2) is 71.3 Å². The van der Waals surface area contributed by atoms with Gasteiger partial charge in [-0.2, -0.15) is 0 Å². The molecule has 0 saturated heterocycles. The Kier molecular flexibility index (Phi) is 20.6. The Balaban J connectivity index is 0.000000664. The number of hydrogen-bond donors (Lipinski definition) is 2. The molecule has 2 aromatic carbocycles. The SMILES string of the molecule is CC(C)C(=O)C(CC(=O)CO)C(C)C.CC(C)C(=O)C(CC(=O)CO)c1ccccc1.CC(C)C(=O)C(c1ccccc1)N(C)C. The largest absolute Gasteiger partial charge is 0.389 e. The maximum Gasteiger partial charge on any atom is 0.159 e. The minimum Gasteiger partial charge on any atom is -0.389 e. The summed E-state index contributed by atoms with van der Waals surface area (Å²) in [6, 6.07) is 19.1. The highest BCUT2D eigenvalue weighted by Crippen LogP contribution is 2.25. The third kappa shape index (κ3) is 15.3. The van der Waals surface area contributed by atoms with Crippen LogP contribution in [0.2, 0.25) is 0 Å². The van der Waals surface area contributed by atoms with Gasteiger partial charge in [0.25, 0.3) is 0 Å². The molecule has 46 heavy (non-hydrogen) atoms. The summed E-state index contributed by atoms with van der Waals surface area (Å²) < 4.78 is 0. The van der Waals surface area contributed by atoms with E-state index in [0.29, 0.717) is 0 Å². The van der Waals surface area contributed by atoms with Gasteiger partial charge >= 0.3 is 0 Å². The minimum absolute atomic E-state index is 0.0398. The third-order valence-electron chi connectivity index (χ3n) is 7.56. The molecular weight excluding hydrogens is 582 g/mol.